The van der Waals surface area contributed by atoms with E-state index >= 15 is 0 Å². The number of aromatic nitrogens is 1. The quantitative estimate of drug-likeness (QED) is 0.649. The molecule has 0 aliphatic carbocycles. The number of hydrogen-bond donors (Lipinski definition) is 0. The van der Waals surface area contributed by atoms with E-state index in [1.807, 2.05) is 0 Å². The fourth-order valence-corrected chi connectivity index (χ4v) is 4.03. The Morgan fingerprint density at radius 2 is 2.21 bits per heavy atom. The van der Waals surface area contributed by atoms with E-state index in [1.54, 1.807) is 0 Å². The molecule has 0 amide bonds. The maximum absolute atomic E-state index is 6.08. The molecule has 2 aliphatic heterocycles. The van der Waals surface area contributed by atoms with Crippen LogP contribution in [0, 0.1) is 0 Å². The molecule has 0 bridgehead atoms. The van der Waals surface area contributed by atoms with Gasteiger partial charge in [-0.25, -0.2) is 4.98 Å². The molecule has 3 heterocycles. The highest BCUT2D eigenvalue weighted by Gasteiger charge is 2.27. The van der Waals surface area contributed by atoms with Crippen LogP contribution in [-0.4, -0.2) is 23.0 Å². The van der Waals surface area contributed by atoms with Crippen LogP contribution in [0.15, 0.2) is 46.4 Å². The van der Waals surface area contributed by atoms with Gasteiger partial charge in [-0.3, -0.25) is 4.90 Å². The molecule has 1 aromatic carbocycles. The van der Waals surface area contributed by atoms with Crippen LogP contribution >= 0.6 is 0 Å². The lowest BCUT2D eigenvalue weighted by Crippen LogP contribution is -2.32. The summed E-state index contributed by atoms with van der Waals surface area (Å²) >= 11 is 0. The van der Waals surface area contributed by atoms with Crippen LogP contribution in [0.3, 0.4) is 0 Å². The van der Waals surface area contributed by atoms with Gasteiger partial charge >= 0.3 is 0 Å². The second kappa shape index (κ2) is 8.36. The number of oxazole rings is 1. The first-order valence-corrected chi connectivity index (χ1v) is 10.5. The maximum Gasteiger partial charge on any atom is 0.199 e. The molecule has 4 rings (SSSR count). The summed E-state index contributed by atoms with van der Waals surface area (Å²) in [4.78, 5) is 7.31. The third kappa shape index (κ3) is 3.93. The van der Waals surface area contributed by atoms with Crippen LogP contribution in [0.4, 0.5) is 0 Å². The van der Waals surface area contributed by atoms with E-state index in [0.717, 1.165) is 68.5 Å². The number of hydrogen-bond acceptors (Lipinski definition) is 4. The average molecular weight is 379 g/mol. The van der Waals surface area contributed by atoms with Gasteiger partial charge in [0.1, 0.15) is 11.5 Å². The van der Waals surface area contributed by atoms with Gasteiger partial charge in [0.25, 0.3) is 0 Å². The van der Waals surface area contributed by atoms with Gasteiger partial charge in [0, 0.05) is 38.4 Å². The molecule has 28 heavy (non-hydrogen) atoms. The lowest BCUT2D eigenvalue weighted by molar-refractivity contribution is 0.182. The first-order valence-electron chi connectivity index (χ1n) is 10.5. The number of fused-ring (bicyclic) bond motifs is 2. The summed E-state index contributed by atoms with van der Waals surface area (Å²) in [6, 6.07) is 7.02. The van der Waals surface area contributed by atoms with Crippen LogP contribution in [0.1, 0.15) is 61.7 Å². The summed E-state index contributed by atoms with van der Waals surface area (Å²) < 4.78 is 11.8. The smallest absolute Gasteiger partial charge is 0.199 e. The van der Waals surface area contributed by atoms with Gasteiger partial charge in [-0.2, -0.15) is 0 Å². The van der Waals surface area contributed by atoms with Crippen molar-refractivity contribution in [2.24, 2.45) is 0 Å². The minimum atomic E-state index is 0.335. The molecule has 1 unspecified atom stereocenters. The van der Waals surface area contributed by atoms with E-state index in [-0.39, 0.29) is 0 Å². The third-order valence-electron chi connectivity index (χ3n) is 5.85. The predicted molar refractivity (Wildman–Crippen MR) is 112 cm³/mol. The van der Waals surface area contributed by atoms with E-state index in [2.05, 4.69) is 62.1 Å². The van der Waals surface area contributed by atoms with Gasteiger partial charge in [0.05, 0.1) is 12.3 Å². The summed E-state index contributed by atoms with van der Waals surface area (Å²) in [5.41, 5.74) is 4.99. The van der Waals surface area contributed by atoms with Gasteiger partial charge in [0.2, 0.25) is 0 Å². The minimum absolute atomic E-state index is 0.335. The third-order valence-corrected chi connectivity index (χ3v) is 5.85. The van der Waals surface area contributed by atoms with Crippen molar-refractivity contribution in [2.75, 3.05) is 13.2 Å². The first-order chi connectivity index (χ1) is 13.7. The van der Waals surface area contributed by atoms with Crippen LogP contribution in [0.2, 0.25) is 0 Å². The maximum atomic E-state index is 6.08. The van der Waals surface area contributed by atoms with Crippen molar-refractivity contribution in [1.82, 2.24) is 9.88 Å². The molecule has 2 aliphatic rings. The van der Waals surface area contributed by atoms with Crippen LogP contribution in [0.5, 0.6) is 5.75 Å². The summed E-state index contributed by atoms with van der Waals surface area (Å²) in [6.45, 7) is 9.14. The van der Waals surface area contributed by atoms with Crippen molar-refractivity contribution in [3.8, 4) is 5.75 Å². The van der Waals surface area contributed by atoms with Crippen molar-refractivity contribution in [3.63, 3.8) is 0 Å². The SMILES string of the molecule is C/C=C(\C=C/CC)Cc1nc2c(o1)CCN(C(C)c1ccc3c(c1)OCC3)C2. The normalized spacial score (nSPS) is 18.2. The van der Waals surface area contributed by atoms with Crippen molar-refractivity contribution in [3.05, 3.63) is 70.5 Å². The Bertz CT molecular complexity index is 894. The monoisotopic (exact) mass is 378 g/mol. The zero-order valence-corrected chi connectivity index (χ0v) is 17.2. The fourth-order valence-electron chi connectivity index (χ4n) is 4.03. The molecule has 0 saturated heterocycles. The Labute approximate surface area is 167 Å². The van der Waals surface area contributed by atoms with Gasteiger partial charge in [-0.05, 0) is 43.0 Å². The van der Waals surface area contributed by atoms with Crippen LogP contribution in [0.25, 0.3) is 0 Å². The van der Waals surface area contributed by atoms with Crippen molar-refractivity contribution in [1.29, 1.82) is 0 Å². The zero-order chi connectivity index (χ0) is 19.5. The van der Waals surface area contributed by atoms with Crippen molar-refractivity contribution in [2.45, 2.75) is 59.0 Å². The standard InChI is InChI=1S/C24H30N2O2/c1-4-6-7-18(5-2)14-24-25-21-16-26(12-10-22(21)28-24)17(3)20-9-8-19-11-13-27-23(19)15-20/h5-9,15,17H,4,10-14,16H2,1-3H3/b7-6-,18-5+. The summed E-state index contributed by atoms with van der Waals surface area (Å²) in [5, 5.41) is 0. The van der Waals surface area contributed by atoms with E-state index in [9.17, 15) is 0 Å². The summed E-state index contributed by atoms with van der Waals surface area (Å²) in [7, 11) is 0. The highest BCUT2D eigenvalue weighted by molar-refractivity contribution is 5.41. The van der Waals surface area contributed by atoms with E-state index < -0.39 is 0 Å². The van der Waals surface area contributed by atoms with Crippen molar-refractivity contribution >= 4 is 0 Å². The predicted octanol–water partition coefficient (Wildman–Crippen LogP) is 5.18. The molecule has 0 radical (unpaired) electrons. The van der Waals surface area contributed by atoms with E-state index in [1.165, 1.54) is 16.7 Å². The molecule has 0 spiro atoms. The molecule has 0 fully saturated rings. The highest BCUT2D eigenvalue weighted by atomic mass is 16.5. The number of allylic oxidation sites excluding steroid dienone is 4. The Hall–Kier alpha value is -2.33. The Morgan fingerprint density at radius 3 is 3.04 bits per heavy atom. The number of rotatable bonds is 6. The lowest BCUT2D eigenvalue weighted by atomic mass is 10.0. The van der Waals surface area contributed by atoms with Gasteiger partial charge in [-0.1, -0.05) is 37.3 Å². The zero-order valence-electron chi connectivity index (χ0n) is 17.2. The molecule has 0 N–H and O–H groups in total. The highest BCUT2D eigenvalue weighted by Crippen LogP contribution is 2.33. The van der Waals surface area contributed by atoms with Gasteiger partial charge < -0.3 is 9.15 Å². The lowest BCUT2D eigenvalue weighted by Gasteiger charge is -2.31. The molecule has 4 heteroatoms. The van der Waals surface area contributed by atoms with Crippen LogP contribution in [-0.2, 0) is 25.8 Å². The molecule has 4 nitrogen and oxygen atoms in total. The number of nitrogens with zero attached hydrogens (tertiary/aromatic N) is 2. The van der Waals surface area contributed by atoms with Crippen LogP contribution < -0.4 is 4.74 Å². The molecule has 1 atom stereocenters. The Balaban J connectivity index is 1.46. The van der Waals surface area contributed by atoms with E-state index in [4.69, 9.17) is 14.1 Å². The molecular formula is C24H30N2O2. The Kier molecular flexibility index (Phi) is 5.67. The fraction of sp³-hybridized carbons (Fsp3) is 0.458. The topological polar surface area (TPSA) is 38.5 Å². The molecule has 2 aromatic rings. The van der Waals surface area contributed by atoms with Gasteiger partial charge in [-0.15, -0.1) is 0 Å². The summed E-state index contributed by atoms with van der Waals surface area (Å²) in [6.07, 6.45) is 10.2. The summed E-state index contributed by atoms with van der Waals surface area (Å²) in [5.74, 6) is 2.95. The first kappa shape index (κ1) is 19.0. The number of ether oxygens (including phenoxy) is 1. The Morgan fingerprint density at radius 1 is 1.32 bits per heavy atom. The van der Waals surface area contributed by atoms with Crippen molar-refractivity contribution < 1.29 is 9.15 Å². The molecule has 0 saturated carbocycles. The van der Waals surface area contributed by atoms with E-state index in [0.29, 0.717) is 6.04 Å². The molecule has 148 valence electrons. The molecule has 1 aromatic heterocycles. The van der Waals surface area contributed by atoms with Gasteiger partial charge in [0.15, 0.2) is 5.89 Å². The average Bonchev–Trinajstić information content (AvgIpc) is 3.35. The number of benzene rings is 1. The second-order valence-electron chi connectivity index (χ2n) is 7.69. The minimum Gasteiger partial charge on any atom is -0.493 e. The molecular weight excluding hydrogens is 348 g/mol. The second-order valence-corrected chi connectivity index (χ2v) is 7.69. The largest absolute Gasteiger partial charge is 0.493 e.